The van der Waals surface area contributed by atoms with Crippen LogP contribution in [0.15, 0.2) is 24.3 Å². The number of allylic oxidation sites excluding steroid dienone is 3. The molecule has 1 saturated heterocycles. The lowest BCUT2D eigenvalue weighted by Gasteiger charge is -2.40. The molecule has 0 saturated carbocycles. The highest BCUT2D eigenvalue weighted by Crippen LogP contribution is 2.23. The number of hydrogen-bond acceptors (Lipinski definition) is 8. The SMILES string of the molecule is CCCCCCCCCCCCCC/C=C\CCCCCCCCCCCCCC(=O)NC(COC1OC(CO)C(O)C(O)C1O)C(O)/C=C/CCCCCCCCCCCCCCCCCCCCC. The second kappa shape index (κ2) is 52.1. The van der Waals surface area contributed by atoms with E-state index in [4.69, 9.17) is 9.47 Å². The van der Waals surface area contributed by atoms with Gasteiger partial charge in [0.1, 0.15) is 24.4 Å². The summed E-state index contributed by atoms with van der Waals surface area (Å²) < 4.78 is 11.3. The van der Waals surface area contributed by atoms with Crippen LogP contribution in [-0.4, -0.2) is 87.5 Å². The third-order valence-electron chi connectivity index (χ3n) is 15.0. The van der Waals surface area contributed by atoms with Crippen LogP contribution in [0.4, 0.5) is 0 Å². The quantitative estimate of drug-likeness (QED) is 0.0261. The van der Waals surface area contributed by atoms with Gasteiger partial charge in [-0.25, -0.2) is 0 Å². The highest BCUT2D eigenvalue weighted by Gasteiger charge is 2.44. The van der Waals surface area contributed by atoms with E-state index in [1.54, 1.807) is 6.08 Å². The summed E-state index contributed by atoms with van der Waals surface area (Å²) in [6.45, 7) is 3.82. The fraction of sp³-hybridized carbons (Fsp3) is 0.919. The Morgan fingerprint density at radius 1 is 0.465 bits per heavy atom. The molecule has 9 heteroatoms. The van der Waals surface area contributed by atoms with Crippen molar-refractivity contribution in [1.82, 2.24) is 5.32 Å². The average Bonchev–Trinajstić information content (AvgIpc) is 3.37. The average molecular weight is 1010 g/mol. The standard InChI is InChI=1S/C62H119NO8/c1-3-5-7-9-11-13-15-17-19-21-23-25-26-27-28-29-30-32-34-36-38-40-42-44-46-48-50-52-58(66)63-55(54-70-62-61(69)60(68)59(67)57(53-64)71-62)56(65)51-49-47-45-43-41-39-37-35-33-31-24-22-20-18-16-14-12-10-8-6-4-2/h27-28,49,51,55-57,59-62,64-65,67-69H,3-26,29-48,50,52-54H2,1-2H3,(H,63,66)/b28-27-,51-49+. The Labute approximate surface area is 439 Å². The summed E-state index contributed by atoms with van der Waals surface area (Å²) in [6, 6.07) is -0.804. The van der Waals surface area contributed by atoms with Crippen LogP contribution in [0.25, 0.3) is 0 Å². The molecular formula is C62H119NO8. The summed E-state index contributed by atoms with van der Waals surface area (Å²) in [7, 11) is 0. The van der Waals surface area contributed by atoms with Gasteiger partial charge in [0.15, 0.2) is 6.29 Å². The normalized spacial score (nSPS) is 19.3. The van der Waals surface area contributed by atoms with E-state index < -0.39 is 49.5 Å². The van der Waals surface area contributed by atoms with Crippen molar-refractivity contribution in [2.24, 2.45) is 0 Å². The van der Waals surface area contributed by atoms with Crippen molar-refractivity contribution in [3.8, 4) is 0 Å². The number of rotatable bonds is 54. The van der Waals surface area contributed by atoms with Gasteiger partial charge in [-0.3, -0.25) is 4.79 Å². The fourth-order valence-corrected chi connectivity index (χ4v) is 10.1. The molecular weight excluding hydrogens is 887 g/mol. The lowest BCUT2D eigenvalue weighted by Crippen LogP contribution is -2.60. The Bertz CT molecular complexity index is 1170. The molecule has 7 atom stereocenters. The van der Waals surface area contributed by atoms with Crippen molar-refractivity contribution in [2.75, 3.05) is 13.2 Å². The molecule has 420 valence electrons. The molecule has 0 aliphatic carbocycles. The second-order valence-electron chi connectivity index (χ2n) is 21.9. The molecule has 1 aliphatic heterocycles. The molecule has 1 amide bonds. The van der Waals surface area contributed by atoms with Crippen molar-refractivity contribution < 1.29 is 39.8 Å². The summed E-state index contributed by atoms with van der Waals surface area (Å²) >= 11 is 0. The van der Waals surface area contributed by atoms with Gasteiger partial charge in [-0.1, -0.05) is 282 Å². The number of hydrogen-bond donors (Lipinski definition) is 6. The number of nitrogens with one attached hydrogen (secondary N) is 1. The number of carbonyl (C=O) groups excluding carboxylic acids is 1. The van der Waals surface area contributed by atoms with Gasteiger partial charge in [0.2, 0.25) is 5.91 Å². The minimum atomic E-state index is -1.57. The van der Waals surface area contributed by atoms with Crippen LogP contribution in [0.3, 0.4) is 0 Å². The third kappa shape index (κ3) is 41.6. The second-order valence-corrected chi connectivity index (χ2v) is 21.9. The molecule has 1 fully saturated rings. The molecule has 0 radical (unpaired) electrons. The predicted molar refractivity (Wildman–Crippen MR) is 300 cm³/mol. The van der Waals surface area contributed by atoms with Crippen LogP contribution in [0.5, 0.6) is 0 Å². The maximum absolute atomic E-state index is 13.1. The first kappa shape index (κ1) is 67.7. The topological polar surface area (TPSA) is 149 Å². The van der Waals surface area contributed by atoms with Crippen molar-refractivity contribution in [1.29, 1.82) is 0 Å². The van der Waals surface area contributed by atoms with Gasteiger partial charge in [0.05, 0.1) is 25.4 Å². The third-order valence-corrected chi connectivity index (χ3v) is 15.0. The zero-order valence-electron chi connectivity index (χ0n) is 46.8. The zero-order valence-corrected chi connectivity index (χ0v) is 46.8. The summed E-state index contributed by atoms with van der Waals surface area (Å²) in [5, 5.41) is 54.6. The first-order valence-electron chi connectivity index (χ1n) is 31.1. The van der Waals surface area contributed by atoms with E-state index in [1.165, 1.54) is 250 Å². The maximum Gasteiger partial charge on any atom is 0.220 e. The van der Waals surface area contributed by atoms with Crippen molar-refractivity contribution in [2.45, 2.75) is 352 Å². The molecule has 0 aromatic rings. The van der Waals surface area contributed by atoms with Gasteiger partial charge in [-0.05, 0) is 44.9 Å². The van der Waals surface area contributed by atoms with E-state index in [1.807, 2.05) is 6.08 Å². The van der Waals surface area contributed by atoms with Gasteiger partial charge in [-0.2, -0.15) is 0 Å². The zero-order chi connectivity index (χ0) is 51.5. The number of unbranched alkanes of at least 4 members (excludes halogenated alkanes) is 42. The smallest absolute Gasteiger partial charge is 0.220 e. The molecule has 0 bridgehead atoms. The highest BCUT2D eigenvalue weighted by atomic mass is 16.7. The van der Waals surface area contributed by atoms with Crippen LogP contribution in [0.2, 0.25) is 0 Å². The molecule has 7 unspecified atom stereocenters. The van der Waals surface area contributed by atoms with Crippen LogP contribution in [-0.2, 0) is 14.3 Å². The minimum absolute atomic E-state index is 0.172. The number of amides is 1. The number of aliphatic hydroxyl groups excluding tert-OH is 5. The Kier molecular flexibility index (Phi) is 49.7. The first-order valence-corrected chi connectivity index (χ1v) is 31.1. The van der Waals surface area contributed by atoms with Crippen LogP contribution >= 0.6 is 0 Å². The molecule has 1 rings (SSSR count). The molecule has 9 nitrogen and oxygen atoms in total. The van der Waals surface area contributed by atoms with E-state index in [0.29, 0.717) is 6.42 Å². The van der Waals surface area contributed by atoms with Gasteiger partial charge in [0, 0.05) is 6.42 Å². The molecule has 1 aliphatic rings. The van der Waals surface area contributed by atoms with E-state index >= 15 is 0 Å². The number of carbonyl (C=O) groups is 1. The van der Waals surface area contributed by atoms with Crippen LogP contribution in [0, 0.1) is 0 Å². The Balaban J connectivity index is 2.18. The maximum atomic E-state index is 13.1. The van der Waals surface area contributed by atoms with Crippen molar-refractivity contribution >= 4 is 5.91 Å². The Morgan fingerprint density at radius 3 is 1.14 bits per heavy atom. The summed E-state index contributed by atoms with van der Waals surface area (Å²) in [5.74, 6) is -0.172. The predicted octanol–water partition coefficient (Wildman–Crippen LogP) is 15.7. The first-order chi connectivity index (χ1) is 34.8. The van der Waals surface area contributed by atoms with Crippen molar-refractivity contribution in [3.63, 3.8) is 0 Å². The number of ether oxygens (including phenoxy) is 2. The monoisotopic (exact) mass is 1010 g/mol. The van der Waals surface area contributed by atoms with E-state index in [-0.39, 0.29) is 12.5 Å². The number of aliphatic hydroxyl groups is 5. The summed E-state index contributed by atoms with van der Waals surface area (Å²) in [6.07, 6.45) is 59.7. The lowest BCUT2D eigenvalue weighted by molar-refractivity contribution is -0.302. The lowest BCUT2D eigenvalue weighted by atomic mass is 9.99. The Morgan fingerprint density at radius 2 is 0.789 bits per heavy atom. The molecule has 0 aromatic heterocycles. The largest absolute Gasteiger partial charge is 0.394 e. The van der Waals surface area contributed by atoms with E-state index in [9.17, 15) is 30.3 Å². The van der Waals surface area contributed by atoms with Crippen LogP contribution in [0.1, 0.15) is 309 Å². The Hall–Kier alpha value is -1.33. The van der Waals surface area contributed by atoms with E-state index in [0.717, 1.165) is 38.5 Å². The molecule has 71 heavy (non-hydrogen) atoms. The van der Waals surface area contributed by atoms with Gasteiger partial charge < -0.3 is 40.3 Å². The minimum Gasteiger partial charge on any atom is -0.394 e. The summed E-state index contributed by atoms with van der Waals surface area (Å²) in [5.41, 5.74) is 0. The molecule has 6 N–H and O–H groups in total. The summed E-state index contributed by atoms with van der Waals surface area (Å²) in [4.78, 5) is 13.1. The van der Waals surface area contributed by atoms with Gasteiger partial charge in [-0.15, -0.1) is 0 Å². The molecule has 1 heterocycles. The van der Waals surface area contributed by atoms with Crippen molar-refractivity contribution in [3.05, 3.63) is 24.3 Å². The van der Waals surface area contributed by atoms with Gasteiger partial charge in [0.25, 0.3) is 0 Å². The van der Waals surface area contributed by atoms with Crippen LogP contribution < -0.4 is 5.32 Å². The van der Waals surface area contributed by atoms with Gasteiger partial charge >= 0.3 is 0 Å². The highest BCUT2D eigenvalue weighted by molar-refractivity contribution is 5.76. The fourth-order valence-electron chi connectivity index (χ4n) is 10.1. The molecule has 0 spiro atoms. The molecule has 0 aromatic carbocycles. The van der Waals surface area contributed by atoms with E-state index in [2.05, 4.69) is 31.3 Å².